The average Bonchev–Trinajstić information content (AvgIpc) is 2.84. The van der Waals surface area contributed by atoms with Crippen LogP contribution >= 0.6 is 15.9 Å². The fraction of sp³-hybridized carbons (Fsp3) is 0.400. The first kappa shape index (κ1) is 15.2. The molecule has 0 radical (unpaired) electrons. The number of halogens is 1. The Kier molecular flexibility index (Phi) is 4.96. The van der Waals surface area contributed by atoms with Crippen molar-refractivity contribution in [2.75, 3.05) is 13.6 Å². The summed E-state index contributed by atoms with van der Waals surface area (Å²) >= 11 is 3.43. The second-order valence-electron chi connectivity index (χ2n) is 5.13. The fourth-order valence-corrected chi connectivity index (χ4v) is 2.58. The zero-order chi connectivity index (χ0) is 14.7. The van der Waals surface area contributed by atoms with Crippen molar-refractivity contribution in [1.82, 2.24) is 14.7 Å². The van der Waals surface area contributed by atoms with Gasteiger partial charge in [-0.3, -0.25) is 9.58 Å². The van der Waals surface area contributed by atoms with Crippen LogP contribution in [0.4, 0.5) is 0 Å². The molecule has 0 fully saturated rings. The van der Waals surface area contributed by atoms with Crippen molar-refractivity contribution in [3.05, 3.63) is 52.3 Å². The monoisotopic (exact) mass is 337 g/mol. The summed E-state index contributed by atoms with van der Waals surface area (Å²) < 4.78 is 2.78. The summed E-state index contributed by atoms with van der Waals surface area (Å²) in [4.78, 5) is 2.13. The Hall–Kier alpha value is -1.17. The average molecular weight is 338 g/mol. The molecule has 2 rings (SSSR count). The summed E-state index contributed by atoms with van der Waals surface area (Å²) in [7, 11) is 3.92. The molecule has 2 aromatic rings. The highest BCUT2D eigenvalue weighted by molar-refractivity contribution is 9.10. The summed E-state index contributed by atoms with van der Waals surface area (Å²) in [6.45, 7) is 2.69. The number of aliphatic hydroxyl groups is 1. The highest BCUT2D eigenvalue weighted by atomic mass is 79.9. The molecule has 0 saturated carbocycles. The first-order chi connectivity index (χ1) is 9.47. The van der Waals surface area contributed by atoms with Crippen LogP contribution < -0.4 is 0 Å². The van der Waals surface area contributed by atoms with E-state index in [-0.39, 0.29) is 6.04 Å². The van der Waals surface area contributed by atoms with Crippen LogP contribution in [0.1, 0.15) is 30.2 Å². The van der Waals surface area contributed by atoms with E-state index in [1.54, 1.807) is 4.68 Å². The number of hydrogen-bond acceptors (Lipinski definition) is 3. The molecular weight excluding hydrogens is 318 g/mol. The molecule has 108 valence electrons. The largest absolute Gasteiger partial charge is 0.387 e. The molecule has 1 heterocycles. The molecule has 1 aromatic heterocycles. The SMILES string of the molecule is CC(c1cnn(C)c1)N(C)CC(O)c1cccc(Br)c1. The van der Waals surface area contributed by atoms with Crippen molar-refractivity contribution < 1.29 is 5.11 Å². The highest BCUT2D eigenvalue weighted by Crippen LogP contribution is 2.23. The smallest absolute Gasteiger partial charge is 0.0917 e. The van der Waals surface area contributed by atoms with Crippen LogP contribution in [0.5, 0.6) is 0 Å². The van der Waals surface area contributed by atoms with Crippen LogP contribution in [-0.4, -0.2) is 33.4 Å². The summed E-state index contributed by atoms with van der Waals surface area (Å²) in [5.41, 5.74) is 2.07. The van der Waals surface area contributed by atoms with Gasteiger partial charge >= 0.3 is 0 Å². The second-order valence-corrected chi connectivity index (χ2v) is 6.05. The van der Waals surface area contributed by atoms with Gasteiger partial charge in [0.05, 0.1) is 12.3 Å². The molecule has 4 nitrogen and oxygen atoms in total. The lowest BCUT2D eigenvalue weighted by atomic mass is 10.1. The van der Waals surface area contributed by atoms with E-state index in [1.165, 1.54) is 0 Å². The van der Waals surface area contributed by atoms with Crippen LogP contribution in [0.25, 0.3) is 0 Å². The summed E-state index contributed by atoms with van der Waals surface area (Å²) in [5, 5.41) is 14.5. The molecular formula is C15H20BrN3O. The van der Waals surface area contributed by atoms with Crippen molar-refractivity contribution in [1.29, 1.82) is 0 Å². The normalized spacial score (nSPS) is 14.5. The van der Waals surface area contributed by atoms with Gasteiger partial charge in [-0.15, -0.1) is 0 Å². The maximum atomic E-state index is 10.3. The minimum atomic E-state index is -0.503. The third kappa shape index (κ3) is 3.69. The Bertz CT molecular complexity index is 570. The van der Waals surface area contributed by atoms with Crippen molar-refractivity contribution in [2.24, 2.45) is 7.05 Å². The van der Waals surface area contributed by atoms with Gasteiger partial charge in [0.2, 0.25) is 0 Å². The molecule has 0 bridgehead atoms. The van der Waals surface area contributed by atoms with Crippen LogP contribution in [-0.2, 0) is 7.05 Å². The highest BCUT2D eigenvalue weighted by Gasteiger charge is 2.17. The minimum Gasteiger partial charge on any atom is -0.387 e. The fourth-order valence-electron chi connectivity index (χ4n) is 2.16. The van der Waals surface area contributed by atoms with E-state index in [0.717, 1.165) is 15.6 Å². The second kappa shape index (κ2) is 6.52. The lowest BCUT2D eigenvalue weighted by Crippen LogP contribution is -2.27. The van der Waals surface area contributed by atoms with Gasteiger partial charge in [0.25, 0.3) is 0 Å². The van der Waals surface area contributed by atoms with Crippen LogP contribution in [0.2, 0.25) is 0 Å². The van der Waals surface area contributed by atoms with Gasteiger partial charge in [0.1, 0.15) is 0 Å². The number of aromatic nitrogens is 2. The van der Waals surface area contributed by atoms with Crippen molar-refractivity contribution in [3.8, 4) is 0 Å². The maximum absolute atomic E-state index is 10.3. The zero-order valence-corrected chi connectivity index (χ0v) is 13.6. The molecule has 0 spiro atoms. The first-order valence-corrected chi connectivity index (χ1v) is 7.39. The van der Waals surface area contributed by atoms with E-state index in [9.17, 15) is 5.11 Å². The summed E-state index contributed by atoms with van der Waals surface area (Å²) in [5.74, 6) is 0. The van der Waals surface area contributed by atoms with Gasteiger partial charge in [-0.25, -0.2) is 0 Å². The molecule has 1 N–H and O–H groups in total. The molecule has 5 heteroatoms. The van der Waals surface area contributed by atoms with Crippen LogP contribution in [0, 0.1) is 0 Å². The van der Waals surface area contributed by atoms with Crippen molar-refractivity contribution >= 4 is 15.9 Å². The van der Waals surface area contributed by atoms with Gasteiger partial charge < -0.3 is 5.11 Å². The van der Waals surface area contributed by atoms with Gasteiger partial charge in [-0.2, -0.15) is 5.10 Å². The molecule has 0 saturated heterocycles. The Labute approximate surface area is 128 Å². The van der Waals surface area contributed by atoms with Crippen molar-refractivity contribution in [3.63, 3.8) is 0 Å². The van der Waals surface area contributed by atoms with Crippen LogP contribution in [0.15, 0.2) is 41.1 Å². The molecule has 0 aliphatic carbocycles. The molecule has 2 unspecified atom stereocenters. The molecule has 20 heavy (non-hydrogen) atoms. The zero-order valence-electron chi connectivity index (χ0n) is 12.0. The number of likely N-dealkylation sites (N-methyl/N-ethyl adjacent to an activating group) is 1. The topological polar surface area (TPSA) is 41.3 Å². The maximum Gasteiger partial charge on any atom is 0.0917 e. The molecule has 2 atom stereocenters. The predicted octanol–water partition coefficient (Wildman–Crippen LogP) is 2.91. The summed E-state index contributed by atoms with van der Waals surface area (Å²) in [6.07, 6.45) is 3.37. The molecule has 1 aromatic carbocycles. The van der Waals surface area contributed by atoms with Crippen molar-refractivity contribution in [2.45, 2.75) is 19.1 Å². The lowest BCUT2D eigenvalue weighted by Gasteiger charge is -2.26. The quantitative estimate of drug-likeness (QED) is 0.911. The number of nitrogens with zero attached hydrogens (tertiary/aromatic N) is 3. The number of rotatable bonds is 5. The minimum absolute atomic E-state index is 0.213. The summed E-state index contributed by atoms with van der Waals surface area (Å²) in [6, 6.07) is 8.00. The van der Waals surface area contributed by atoms with E-state index < -0.39 is 6.10 Å². The van der Waals surface area contributed by atoms with Gasteiger partial charge in [0, 0.05) is 35.9 Å². The third-order valence-electron chi connectivity index (χ3n) is 3.56. The van der Waals surface area contributed by atoms with E-state index in [4.69, 9.17) is 0 Å². The number of aryl methyl sites for hydroxylation is 1. The molecule has 0 aliphatic rings. The number of hydrogen-bond donors (Lipinski definition) is 1. The predicted molar refractivity (Wildman–Crippen MR) is 83.4 cm³/mol. The van der Waals surface area contributed by atoms with Gasteiger partial charge in [-0.1, -0.05) is 28.1 Å². The number of benzene rings is 1. The lowest BCUT2D eigenvalue weighted by molar-refractivity contribution is 0.108. The molecule has 0 aliphatic heterocycles. The van der Waals surface area contributed by atoms with Gasteiger partial charge in [-0.05, 0) is 31.7 Å². The van der Waals surface area contributed by atoms with E-state index in [2.05, 4.69) is 32.9 Å². The first-order valence-electron chi connectivity index (χ1n) is 6.59. The Morgan fingerprint density at radius 3 is 2.75 bits per heavy atom. The Morgan fingerprint density at radius 2 is 2.15 bits per heavy atom. The Morgan fingerprint density at radius 1 is 1.40 bits per heavy atom. The van der Waals surface area contributed by atoms with Crippen LogP contribution in [0.3, 0.4) is 0 Å². The van der Waals surface area contributed by atoms with E-state index in [0.29, 0.717) is 6.54 Å². The van der Waals surface area contributed by atoms with E-state index in [1.807, 2.05) is 50.8 Å². The van der Waals surface area contributed by atoms with E-state index >= 15 is 0 Å². The number of aliphatic hydroxyl groups excluding tert-OH is 1. The molecule has 0 amide bonds. The third-order valence-corrected chi connectivity index (χ3v) is 4.06. The van der Waals surface area contributed by atoms with Gasteiger partial charge in [0.15, 0.2) is 0 Å². The Balaban J connectivity index is 2.02. The standard InChI is InChI=1S/C15H20BrN3O/c1-11(13-8-17-19(3)9-13)18(2)10-15(20)12-5-4-6-14(16)7-12/h4-9,11,15,20H,10H2,1-3H3.